The van der Waals surface area contributed by atoms with Crippen molar-refractivity contribution in [1.29, 1.82) is 0 Å². The summed E-state index contributed by atoms with van der Waals surface area (Å²) in [4.78, 5) is 1.30. The number of hydrogen-bond acceptors (Lipinski definition) is 2. The van der Waals surface area contributed by atoms with Crippen molar-refractivity contribution >= 4 is 17.4 Å². The van der Waals surface area contributed by atoms with Gasteiger partial charge in [0.2, 0.25) is 0 Å². The molecule has 2 heteroatoms. The van der Waals surface area contributed by atoms with Crippen molar-refractivity contribution in [1.82, 2.24) is 0 Å². The summed E-state index contributed by atoms with van der Waals surface area (Å²) in [6.45, 7) is 4.21. The molecule has 0 fully saturated rings. The Kier molecular flexibility index (Phi) is 2.83. The van der Waals surface area contributed by atoms with E-state index in [-0.39, 0.29) is 0 Å². The molecule has 0 aliphatic rings. The van der Waals surface area contributed by atoms with E-state index in [1.54, 1.807) is 0 Å². The number of benzene rings is 1. The fourth-order valence-corrected chi connectivity index (χ4v) is 1.76. The van der Waals surface area contributed by atoms with Gasteiger partial charge < -0.3 is 5.73 Å². The highest BCUT2D eigenvalue weighted by atomic mass is 32.2. The molecule has 0 unspecified atom stereocenters. The fourth-order valence-electron chi connectivity index (χ4n) is 0.943. The predicted octanol–water partition coefficient (Wildman–Crippen LogP) is 2.69. The third kappa shape index (κ3) is 1.90. The molecule has 0 saturated carbocycles. The Morgan fingerprint density at radius 3 is 2.82 bits per heavy atom. The summed E-state index contributed by atoms with van der Waals surface area (Å²) in [6.07, 6.45) is 0. The van der Waals surface area contributed by atoms with Gasteiger partial charge in [-0.05, 0) is 30.4 Å². The molecule has 0 bridgehead atoms. The molecule has 0 atom stereocenters. The molecule has 0 spiro atoms. The van der Waals surface area contributed by atoms with E-state index in [4.69, 9.17) is 5.73 Å². The van der Waals surface area contributed by atoms with Crippen LogP contribution >= 0.6 is 11.8 Å². The normalized spacial score (nSPS) is 10.0. The van der Waals surface area contributed by atoms with Crippen LogP contribution in [0.5, 0.6) is 0 Å². The summed E-state index contributed by atoms with van der Waals surface area (Å²) in [6, 6.07) is 6.05. The van der Waals surface area contributed by atoms with Gasteiger partial charge in [-0.3, -0.25) is 0 Å². The van der Waals surface area contributed by atoms with Gasteiger partial charge in [0, 0.05) is 10.6 Å². The van der Waals surface area contributed by atoms with Crippen LogP contribution in [0.15, 0.2) is 23.1 Å². The van der Waals surface area contributed by atoms with Crippen LogP contribution in [0.3, 0.4) is 0 Å². The molecule has 0 saturated heterocycles. The second-order valence-electron chi connectivity index (χ2n) is 2.40. The first-order chi connectivity index (χ1) is 5.25. The molecule has 2 N–H and O–H groups in total. The van der Waals surface area contributed by atoms with Crippen LogP contribution in [-0.2, 0) is 0 Å². The fraction of sp³-hybridized carbons (Fsp3) is 0.333. The van der Waals surface area contributed by atoms with Gasteiger partial charge in [0.15, 0.2) is 0 Å². The van der Waals surface area contributed by atoms with Crippen molar-refractivity contribution < 1.29 is 0 Å². The SMILES string of the molecule is CCSc1cccc(N)c1C. The van der Waals surface area contributed by atoms with E-state index in [1.165, 1.54) is 10.5 Å². The highest BCUT2D eigenvalue weighted by Gasteiger charge is 1.98. The minimum atomic E-state index is 0.892. The van der Waals surface area contributed by atoms with Gasteiger partial charge in [0.05, 0.1) is 0 Å². The molecular formula is C9H13NS. The van der Waals surface area contributed by atoms with Gasteiger partial charge in [0.1, 0.15) is 0 Å². The Morgan fingerprint density at radius 1 is 1.45 bits per heavy atom. The van der Waals surface area contributed by atoms with E-state index in [0.717, 1.165) is 11.4 Å². The van der Waals surface area contributed by atoms with Gasteiger partial charge >= 0.3 is 0 Å². The monoisotopic (exact) mass is 167 g/mol. The van der Waals surface area contributed by atoms with E-state index >= 15 is 0 Å². The standard InChI is InChI=1S/C9H13NS/c1-3-11-9-6-4-5-8(10)7(9)2/h4-6H,3,10H2,1-2H3. The molecule has 60 valence electrons. The first-order valence-electron chi connectivity index (χ1n) is 3.73. The van der Waals surface area contributed by atoms with Gasteiger partial charge in [0.25, 0.3) is 0 Å². The molecule has 0 amide bonds. The lowest BCUT2D eigenvalue weighted by atomic mass is 10.2. The van der Waals surface area contributed by atoms with E-state index in [1.807, 2.05) is 23.9 Å². The number of rotatable bonds is 2. The predicted molar refractivity (Wildman–Crippen MR) is 52.0 cm³/mol. The van der Waals surface area contributed by atoms with Crippen molar-refractivity contribution in [2.45, 2.75) is 18.7 Å². The third-order valence-corrected chi connectivity index (χ3v) is 2.67. The lowest BCUT2D eigenvalue weighted by molar-refractivity contribution is 1.30. The largest absolute Gasteiger partial charge is 0.398 e. The zero-order valence-electron chi connectivity index (χ0n) is 6.92. The summed E-state index contributed by atoms with van der Waals surface area (Å²) >= 11 is 1.84. The van der Waals surface area contributed by atoms with Crippen LogP contribution in [0, 0.1) is 6.92 Å². The van der Waals surface area contributed by atoms with Crippen LogP contribution in [-0.4, -0.2) is 5.75 Å². The molecule has 0 aromatic heterocycles. The van der Waals surface area contributed by atoms with Crippen LogP contribution in [0.2, 0.25) is 0 Å². The van der Waals surface area contributed by atoms with Gasteiger partial charge in [-0.15, -0.1) is 11.8 Å². The van der Waals surface area contributed by atoms with Gasteiger partial charge in [-0.25, -0.2) is 0 Å². The van der Waals surface area contributed by atoms with Gasteiger partial charge in [-0.2, -0.15) is 0 Å². The topological polar surface area (TPSA) is 26.0 Å². The van der Waals surface area contributed by atoms with Crippen LogP contribution in [0.25, 0.3) is 0 Å². The van der Waals surface area contributed by atoms with Crippen LogP contribution in [0.1, 0.15) is 12.5 Å². The quantitative estimate of drug-likeness (QED) is 0.541. The maximum atomic E-state index is 5.74. The summed E-state index contributed by atoms with van der Waals surface area (Å²) < 4.78 is 0. The molecule has 0 heterocycles. The molecule has 1 aromatic rings. The van der Waals surface area contributed by atoms with E-state index in [9.17, 15) is 0 Å². The van der Waals surface area contributed by atoms with Crippen molar-refractivity contribution in [3.63, 3.8) is 0 Å². The highest BCUT2D eigenvalue weighted by molar-refractivity contribution is 7.99. The molecule has 0 aliphatic carbocycles. The lowest BCUT2D eigenvalue weighted by Gasteiger charge is -2.05. The maximum Gasteiger partial charge on any atom is 0.0354 e. The number of nitrogens with two attached hydrogens (primary N) is 1. The Bertz CT molecular complexity index is 245. The Morgan fingerprint density at radius 2 is 2.18 bits per heavy atom. The Labute approximate surface area is 72.0 Å². The molecule has 0 radical (unpaired) electrons. The van der Waals surface area contributed by atoms with E-state index in [2.05, 4.69) is 19.9 Å². The molecule has 1 rings (SSSR count). The first kappa shape index (κ1) is 8.47. The van der Waals surface area contributed by atoms with Crippen molar-refractivity contribution in [3.05, 3.63) is 23.8 Å². The molecule has 1 aromatic carbocycles. The average molecular weight is 167 g/mol. The number of nitrogen functional groups attached to an aromatic ring is 1. The number of hydrogen-bond donors (Lipinski definition) is 1. The zero-order chi connectivity index (χ0) is 8.27. The summed E-state index contributed by atoms with van der Waals surface area (Å²) in [7, 11) is 0. The summed E-state index contributed by atoms with van der Waals surface area (Å²) in [5, 5.41) is 0. The van der Waals surface area contributed by atoms with E-state index in [0.29, 0.717) is 0 Å². The number of anilines is 1. The maximum absolute atomic E-state index is 5.74. The van der Waals surface area contributed by atoms with E-state index < -0.39 is 0 Å². The first-order valence-corrected chi connectivity index (χ1v) is 4.72. The second-order valence-corrected chi connectivity index (χ2v) is 3.71. The lowest BCUT2D eigenvalue weighted by Crippen LogP contribution is -1.90. The van der Waals surface area contributed by atoms with Gasteiger partial charge in [-0.1, -0.05) is 13.0 Å². The van der Waals surface area contributed by atoms with Crippen molar-refractivity contribution in [2.75, 3.05) is 11.5 Å². The zero-order valence-corrected chi connectivity index (χ0v) is 7.74. The Balaban J connectivity index is 2.96. The minimum absolute atomic E-state index is 0.892. The summed E-state index contributed by atoms with van der Waals surface area (Å²) in [5.74, 6) is 1.10. The van der Waals surface area contributed by atoms with Crippen molar-refractivity contribution in [3.8, 4) is 0 Å². The minimum Gasteiger partial charge on any atom is -0.398 e. The molecule has 11 heavy (non-hydrogen) atoms. The molecule has 1 nitrogen and oxygen atoms in total. The average Bonchev–Trinajstić information content (AvgIpc) is 1.99. The van der Waals surface area contributed by atoms with Crippen LogP contribution < -0.4 is 5.73 Å². The Hall–Kier alpha value is -0.630. The van der Waals surface area contributed by atoms with Crippen molar-refractivity contribution in [2.24, 2.45) is 0 Å². The molecule has 0 aliphatic heterocycles. The highest BCUT2D eigenvalue weighted by Crippen LogP contribution is 2.25. The molecular weight excluding hydrogens is 154 g/mol. The third-order valence-electron chi connectivity index (χ3n) is 1.63. The smallest absolute Gasteiger partial charge is 0.0354 e. The second kappa shape index (κ2) is 3.67. The van der Waals surface area contributed by atoms with Crippen LogP contribution in [0.4, 0.5) is 5.69 Å². The summed E-state index contributed by atoms with van der Waals surface area (Å²) in [5.41, 5.74) is 7.84. The number of thioether (sulfide) groups is 1.